The molecule has 0 nitrogen and oxygen atoms in total. The Balaban J connectivity index is 0.000000107. The molecule has 0 heteroatoms. The topological polar surface area (TPSA) is 0 Å². The van der Waals surface area contributed by atoms with Gasteiger partial charge in [-0.15, -0.1) is 0 Å². The van der Waals surface area contributed by atoms with Crippen molar-refractivity contribution < 1.29 is 12.3 Å². The first-order valence-electron chi connectivity index (χ1n) is 54.2. The minimum Gasteiger partial charge on any atom is -0.0625 e. The van der Waals surface area contributed by atoms with E-state index in [1.165, 1.54) is 392 Å². The lowest BCUT2D eigenvalue weighted by atomic mass is 9.44. The lowest BCUT2D eigenvalue weighted by Crippen LogP contribution is -2.50. The number of hydrogen-bond acceptors (Lipinski definition) is 0. The summed E-state index contributed by atoms with van der Waals surface area (Å²) in [6.07, 6.45) is 93.2. The lowest BCUT2D eigenvalue weighted by molar-refractivity contribution is -0.105. The molecule has 14 unspecified atom stereocenters. The highest BCUT2D eigenvalue weighted by Crippen LogP contribution is 2.68. The number of rotatable bonds is 0. The van der Waals surface area contributed by atoms with Crippen LogP contribution in [0, 0.1) is 168 Å². The summed E-state index contributed by atoms with van der Waals surface area (Å²) < 4.78 is 73.5. The van der Waals surface area contributed by atoms with E-state index in [-0.39, 0.29) is 53.0 Å². The summed E-state index contributed by atoms with van der Waals surface area (Å²) in [6.45, 7) is 19.3. The molecule has 0 aliphatic heterocycles. The van der Waals surface area contributed by atoms with Crippen LogP contribution in [0.5, 0.6) is 0 Å². The summed E-state index contributed by atoms with van der Waals surface area (Å²) in [5.74, 6) is 12.6. The zero-order valence-corrected chi connectivity index (χ0v) is 72.7. The third-order valence-corrected chi connectivity index (χ3v) is 38.4. The van der Waals surface area contributed by atoms with Crippen molar-refractivity contribution in [2.45, 2.75) is 499 Å². The molecule has 0 saturated heterocycles. The van der Waals surface area contributed by atoms with E-state index in [2.05, 4.69) is 62.3 Å². The van der Waals surface area contributed by atoms with Gasteiger partial charge in [0.25, 0.3) is 0 Å². The van der Waals surface area contributed by atoms with E-state index in [1.54, 1.807) is 0 Å². The van der Waals surface area contributed by atoms with Gasteiger partial charge >= 0.3 is 0 Å². The molecule has 610 valence electrons. The van der Waals surface area contributed by atoms with E-state index >= 15 is 0 Å². The van der Waals surface area contributed by atoms with Crippen LogP contribution >= 0.6 is 0 Å². The van der Waals surface area contributed by atoms with E-state index in [4.69, 9.17) is 12.3 Å². The summed E-state index contributed by atoms with van der Waals surface area (Å²) in [4.78, 5) is 0. The van der Waals surface area contributed by atoms with E-state index in [1.807, 2.05) is 0 Å². The molecule has 22 fully saturated rings. The predicted molar refractivity (Wildman–Crippen MR) is 460 cm³/mol. The van der Waals surface area contributed by atoms with Gasteiger partial charge < -0.3 is 0 Å². The van der Waals surface area contributed by atoms with Crippen LogP contribution in [0.3, 0.4) is 0 Å². The molecule has 0 amide bonds. The van der Waals surface area contributed by atoms with Crippen LogP contribution in [0.4, 0.5) is 0 Å². The normalized spacial score (nSPS) is 53.8. The standard InChI is InChI=1S/2C15H26.C12H20.C12H22.C11H18.2C11H20.C10H18.C9H16/c1-13-6-11-14-7-2-4-9-15(14,12-13)10-5-3-8-14;1-11-6-7-14-9-12-4-2-3-5-13(12)10-15(14)8-11;1-8-6-9-7-12(8)11-5-3-2-4-10(9)11;1-11-6-5-9-12(10-11)7-3-2-4-8-12;1-7-5-8-6-11(7)10-4-2-3-9(8)10;1-9-5-6-10-3-2-4-11(7-9)8-10;1-10-5-8-11(9-10)6-3-2-4-7-11;1-9-4-7-10(8-9)5-2-3-6-10;1-8-3-6-9(7-8)4-2-5-9/h13H,2-12H2,1H3;11-15H,2-10H2,1H3;8-12H,2-7H2,1H3;11H,2-10H2,1H3;7-11H,2-6H2,1H3;9-11H,2-8H2,1H3;10H,2-9H2,1H3;9H,2-8H2,1H3;8H,2-7H2,1H3/t13-,14?,15?;11-,12?,13?,14?,15?;8-,9?,10?,11?,12?;11-;7-,8?,9?,10?,11?;9-,10?,11?;10-;9-;8-/m111111111/s1/i13D;11D;8D;11D;7D;9D;10D;9D;8D. The summed E-state index contributed by atoms with van der Waals surface area (Å²) >= 11 is 0. The van der Waals surface area contributed by atoms with Gasteiger partial charge in [-0.1, -0.05) is 268 Å². The van der Waals surface area contributed by atoms with Crippen molar-refractivity contribution in [1.29, 1.82) is 0 Å². The fourth-order valence-corrected chi connectivity index (χ4v) is 32.8. The van der Waals surface area contributed by atoms with Crippen molar-refractivity contribution in [3.63, 3.8) is 0 Å². The van der Waals surface area contributed by atoms with E-state index < -0.39 is 0 Å². The molecule has 4 spiro atoms. The number of fused-ring (bicyclic) bond motifs is 14. The van der Waals surface area contributed by atoms with Gasteiger partial charge in [0.05, 0.1) is 0 Å². The second-order valence-electron chi connectivity index (χ2n) is 46.0. The Bertz CT molecular complexity index is 3020. The zero-order chi connectivity index (χ0) is 81.7. The third-order valence-electron chi connectivity index (χ3n) is 38.4. The van der Waals surface area contributed by atoms with Crippen molar-refractivity contribution in [1.82, 2.24) is 0 Å². The van der Waals surface area contributed by atoms with Gasteiger partial charge in [-0.3, -0.25) is 0 Å². The minimum atomic E-state index is -0.113. The minimum absolute atomic E-state index is 0.0455. The predicted octanol–water partition coefficient (Wildman–Crippen LogP) is 34.0. The van der Waals surface area contributed by atoms with Crippen molar-refractivity contribution in [3.8, 4) is 0 Å². The zero-order valence-electron chi connectivity index (χ0n) is 81.7. The molecule has 0 aromatic heterocycles. The van der Waals surface area contributed by atoms with Crippen LogP contribution in [0.1, 0.15) is 511 Å². The Labute approximate surface area is 676 Å². The fourth-order valence-electron chi connectivity index (χ4n) is 32.8. The smallest absolute Gasteiger partial charge is 0.0303 e. The molecule has 22 aliphatic rings. The number of hydrogen-bond donors (Lipinski definition) is 0. The van der Waals surface area contributed by atoms with Crippen LogP contribution in [0.15, 0.2) is 0 Å². The molecule has 0 N–H and O–H groups in total. The SMILES string of the molecule is [2H][C@@]1(C)CC2CC1C1CCCC21.[2H][C@@]1(C)CC2CC1C1CCCCC21.[2H][C@@]1(C)CCC2(CCC2)C1.[2H][C@@]1(C)CCC2(CCCC2)C1.[2H][C@@]1(C)CCC2(CCCCC2)C1.[2H][C@@]1(C)CCC23CCCCC2(CCCC3)C1.[2H][C@@]1(C)CCC2CC3CCCCC3CC2C1.[2H][C@@]1(C)CCC2CCCC(C2)C1.[2H][C@@]1(C)CCCC2(CCCCC2)C1. The molecule has 22 rings (SSSR count). The molecule has 6 bridgehead atoms. The maximum Gasteiger partial charge on any atom is 0.0303 e. The van der Waals surface area contributed by atoms with Gasteiger partial charge in [-0.2, -0.15) is 0 Å². The molecule has 23 atom stereocenters. The van der Waals surface area contributed by atoms with Crippen LogP contribution in [0.25, 0.3) is 0 Å². The molecule has 0 heterocycles. The summed E-state index contributed by atoms with van der Waals surface area (Å²) in [5, 5.41) is 0. The van der Waals surface area contributed by atoms with Gasteiger partial charge in [0.2, 0.25) is 0 Å². The Morgan fingerprint density at radius 1 is 0.179 bits per heavy atom. The molecular formula is C106H186. The molecule has 22 aliphatic carbocycles. The Kier molecular flexibility index (Phi) is 25.5. The monoisotopic (exact) mass is 1470 g/mol. The highest BCUT2D eigenvalue weighted by molar-refractivity contribution is 5.07. The van der Waals surface area contributed by atoms with Crippen molar-refractivity contribution in [2.75, 3.05) is 0 Å². The highest BCUT2D eigenvalue weighted by Gasteiger charge is 2.57. The van der Waals surface area contributed by atoms with Crippen LogP contribution in [-0.4, -0.2) is 0 Å². The second kappa shape index (κ2) is 37.9. The first-order chi connectivity index (χ1) is 54.2. The van der Waals surface area contributed by atoms with Gasteiger partial charge in [0.1, 0.15) is 0 Å². The average Bonchev–Trinajstić information content (AvgIpc) is 1.56. The van der Waals surface area contributed by atoms with Crippen LogP contribution < -0.4 is 0 Å². The highest BCUT2D eigenvalue weighted by atomic mass is 14.6. The summed E-state index contributed by atoms with van der Waals surface area (Å²) in [7, 11) is 0. The van der Waals surface area contributed by atoms with E-state index in [9.17, 15) is 0 Å². The van der Waals surface area contributed by atoms with Gasteiger partial charge in [0, 0.05) is 12.3 Å². The summed E-state index contributed by atoms with van der Waals surface area (Å²) in [5.41, 5.74) is 3.80. The van der Waals surface area contributed by atoms with Crippen molar-refractivity contribution >= 4 is 0 Å². The van der Waals surface area contributed by atoms with Crippen LogP contribution in [-0.2, 0) is 0 Å². The second-order valence-corrected chi connectivity index (χ2v) is 46.0. The molecule has 0 radical (unpaired) electrons. The van der Waals surface area contributed by atoms with Crippen molar-refractivity contribution in [2.24, 2.45) is 168 Å². The van der Waals surface area contributed by atoms with Gasteiger partial charge in [0.15, 0.2) is 0 Å². The maximum atomic E-state index is 8.46. The Morgan fingerprint density at radius 3 is 1.07 bits per heavy atom. The largest absolute Gasteiger partial charge is 0.0625 e. The van der Waals surface area contributed by atoms with E-state index in [0.717, 1.165) is 128 Å². The molecule has 22 saturated carbocycles. The first kappa shape index (κ1) is 71.3. The third kappa shape index (κ3) is 20.5. The van der Waals surface area contributed by atoms with Crippen LogP contribution in [0.2, 0.25) is 0 Å². The Hall–Kier alpha value is 0. The molecule has 0 aromatic carbocycles. The van der Waals surface area contributed by atoms with Crippen molar-refractivity contribution in [3.05, 3.63) is 0 Å². The lowest BCUT2D eigenvalue weighted by Gasteiger charge is -2.61. The van der Waals surface area contributed by atoms with Gasteiger partial charge in [-0.25, -0.2) is 0 Å². The molecule has 106 heavy (non-hydrogen) atoms. The maximum absolute atomic E-state index is 8.46. The average molecular weight is 1470 g/mol. The van der Waals surface area contributed by atoms with E-state index in [0.29, 0.717) is 32.5 Å². The first-order valence-corrected chi connectivity index (χ1v) is 49.7. The molecular weight excluding hydrogens is 1270 g/mol. The van der Waals surface area contributed by atoms with Gasteiger partial charge in [-0.05, 0) is 400 Å². The summed E-state index contributed by atoms with van der Waals surface area (Å²) in [6, 6.07) is 0. The Morgan fingerprint density at radius 2 is 0.557 bits per heavy atom. The quantitative estimate of drug-likeness (QED) is 0.227. The molecule has 0 aromatic rings. The fraction of sp³-hybridized carbons (Fsp3) is 1.00.